The van der Waals surface area contributed by atoms with Crippen LogP contribution in [0.1, 0.15) is 22.3 Å². The molecule has 0 spiro atoms. The van der Waals surface area contributed by atoms with Gasteiger partial charge >= 0.3 is 0 Å². The summed E-state index contributed by atoms with van der Waals surface area (Å²) in [6.07, 6.45) is 2.06. The predicted molar refractivity (Wildman–Crippen MR) is 146 cm³/mol. The Labute approximate surface area is 202 Å². The van der Waals surface area contributed by atoms with Gasteiger partial charge in [-0.1, -0.05) is 72.8 Å². The molecule has 0 aliphatic heterocycles. The highest BCUT2D eigenvalue weighted by molar-refractivity contribution is 6.17. The van der Waals surface area contributed by atoms with Crippen molar-refractivity contribution in [2.45, 2.75) is 12.8 Å². The van der Waals surface area contributed by atoms with Crippen molar-refractivity contribution in [3.05, 3.63) is 125 Å². The second-order valence-corrected chi connectivity index (χ2v) is 10.1. The normalized spacial score (nSPS) is 13.5. The molecular formula is C34H21N. The quantitative estimate of drug-likeness (QED) is 0.207. The number of aromatic nitrogens is 1. The topological polar surface area (TPSA) is 4.41 Å². The van der Waals surface area contributed by atoms with E-state index in [1.807, 2.05) is 0 Å². The van der Waals surface area contributed by atoms with E-state index in [0.29, 0.717) is 0 Å². The van der Waals surface area contributed by atoms with E-state index in [4.69, 9.17) is 0 Å². The maximum Gasteiger partial charge on any atom is 0.0547 e. The predicted octanol–water partition coefficient (Wildman–Crippen LogP) is 8.54. The first-order valence-electron chi connectivity index (χ1n) is 12.5. The Bertz CT molecular complexity index is 2050. The largest absolute Gasteiger partial charge is 0.309 e. The minimum absolute atomic E-state index is 1.02. The third-order valence-corrected chi connectivity index (χ3v) is 8.39. The fourth-order valence-corrected chi connectivity index (χ4v) is 6.92. The molecule has 2 aliphatic rings. The van der Waals surface area contributed by atoms with Crippen molar-refractivity contribution in [1.29, 1.82) is 0 Å². The average molecular weight is 444 g/mol. The van der Waals surface area contributed by atoms with E-state index in [1.165, 1.54) is 82.6 Å². The summed E-state index contributed by atoms with van der Waals surface area (Å²) in [5.74, 6) is 0. The second kappa shape index (κ2) is 6.20. The van der Waals surface area contributed by atoms with Crippen LogP contribution in [0.15, 0.2) is 103 Å². The minimum atomic E-state index is 1.02. The van der Waals surface area contributed by atoms with Crippen molar-refractivity contribution in [2.24, 2.45) is 0 Å². The standard InChI is InChI=1S/C34H21N/c1-3-9-24-20(7-1)16-30-25(24)14-13-22-15-23-17-29-28(19-27(23)34(22)30)26-10-4-6-12-32(26)35-31-11-5-2-8-21(31)18-33(29)35/h1-14,17-19H,15-16H2. The third kappa shape index (κ3) is 2.19. The lowest BCUT2D eigenvalue weighted by Gasteiger charge is -2.13. The van der Waals surface area contributed by atoms with Crippen LogP contribution in [0.4, 0.5) is 0 Å². The summed E-state index contributed by atoms with van der Waals surface area (Å²) in [7, 11) is 0. The van der Waals surface area contributed by atoms with Gasteiger partial charge in [0.15, 0.2) is 0 Å². The second-order valence-electron chi connectivity index (χ2n) is 10.1. The van der Waals surface area contributed by atoms with Gasteiger partial charge in [-0.2, -0.15) is 0 Å². The molecule has 0 unspecified atom stereocenters. The van der Waals surface area contributed by atoms with Crippen LogP contribution in [0.5, 0.6) is 0 Å². The first-order chi connectivity index (χ1) is 17.3. The Kier molecular flexibility index (Phi) is 3.19. The van der Waals surface area contributed by atoms with E-state index in [2.05, 4.69) is 108 Å². The highest BCUT2D eigenvalue weighted by Gasteiger charge is 2.29. The monoisotopic (exact) mass is 443 g/mol. The summed E-state index contributed by atoms with van der Waals surface area (Å²) >= 11 is 0. The van der Waals surface area contributed by atoms with E-state index in [-0.39, 0.29) is 0 Å². The van der Waals surface area contributed by atoms with E-state index >= 15 is 0 Å². The molecule has 0 N–H and O–H groups in total. The molecule has 9 rings (SSSR count). The summed E-state index contributed by atoms with van der Waals surface area (Å²) < 4.78 is 2.45. The Balaban J connectivity index is 1.41. The molecule has 1 heteroatoms. The van der Waals surface area contributed by atoms with Crippen LogP contribution < -0.4 is 0 Å². The van der Waals surface area contributed by atoms with Gasteiger partial charge < -0.3 is 4.40 Å². The number of hydrogen-bond donors (Lipinski definition) is 0. The maximum absolute atomic E-state index is 2.50. The summed E-state index contributed by atoms with van der Waals surface area (Å²) in [4.78, 5) is 0. The number of pyridine rings is 1. The molecule has 35 heavy (non-hydrogen) atoms. The Morgan fingerprint density at radius 2 is 1.29 bits per heavy atom. The molecule has 0 radical (unpaired) electrons. The molecule has 0 bridgehead atoms. The number of hydrogen-bond acceptors (Lipinski definition) is 0. The Morgan fingerprint density at radius 3 is 2.26 bits per heavy atom. The number of benzene rings is 5. The minimum Gasteiger partial charge on any atom is -0.309 e. The summed E-state index contributed by atoms with van der Waals surface area (Å²) in [6, 6.07) is 38.7. The van der Waals surface area contributed by atoms with Gasteiger partial charge in [-0.3, -0.25) is 0 Å². The zero-order valence-corrected chi connectivity index (χ0v) is 19.2. The van der Waals surface area contributed by atoms with Crippen LogP contribution in [0.3, 0.4) is 0 Å². The van der Waals surface area contributed by atoms with Crippen molar-refractivity contribution in [2.75, 3.05) is 0 Å². The van der Waals surface area contributed by atoms with Gasteiger partial charge in [0, 0.05) is 16.2 Å². The third-order valence-electron chi connectivity index (χ3n) is 8.39. The fourth-order valence-electron chi connectivity index (χ4n) is 6.92. The summed E-state index contributed by atoms with van der Waals surface area (Å²) in [5, 5.41) is 5.33. The average Bonchev–Trinajstić information content (AvgIpc) is 3.58. The highest BCUT2D eigenvalue weighted by Crippen LogP contribution is 2.49. The van der Waals surface area contributed by atoms with E-state index < -0.39 is 0 Å². The van der Waals surface area contributed by atoms with Gasteiger partial charge in [0.25, 0.3) is 0 Å². The first-order valence-corrected chi connectivity index (χ1v) is 12.5. The molecule has 1 nitrogen and oxygen atoms in total. The molecule has 0 fully saturated rings. The van der Waals surface area contributed by atoms with E-state index in [9.17, 15) is 0 Å². The molecule has 0 saturated heterocycles. The molecule has 0 amide bonds. The zero-order valence-electron chi connectivity index (χ0n) is 19.2. The van der Waals surface area contributed by atoms with Gasteiger partial charge in [0.05, 0.1) is 16.6 Å². The molecule has 5 aromatic carbocycles. The lowest BCUT2D eigenvalue weighted by molar-refractivity contribution is 1.23. The van der Waals surface area contributed by atoms with Gasteiger partial charge in [-0.25, -0.2) is 0 Å². The van der Waals surface area contributed by atoms with Crippen molar-refractivity contribution < 1.29 is 0 Å². The van der Waals surface area contributed by atoms with Crippen LogP contribution in [0, 0.1) is 0 Å². The molecule has 162 valence electrons. The van der Waals surface area contributed by atoms with Gasteiger partial charge in [-0.05, 0) is 93.1 Å². The molecular weight excluding hydrogens is 422 g/mol. The van der Waals surface area contributed by atoms with Crippen LogP contribution in [-0.4, -0.2) is 4.40 Å². The number of fused-ring (bicyclic) bond motifs is 15. The number of nitrogens with zero attached hydrogens (tertiary/aromatic N) is 1. The van der Waals surface area contributed by atoms with Gasteiger partial charge in [-0.15, -0.1) is 0 Å². The van der Waals surface area contributed by atoms with Gasteiger partial charge in [0.2, 0.25) is 0 Å². The summed E-state index contributed by atoms with van der Waals surface area (Å²) in [5.41, 5.74) is 15.5. The smallest absolute Gasteiger partial charge is 0.0547 e. The SMILES string of the molecule is c1ccc2c(c1)Cc1c-2ccc2c1-c1cc3c4ccccc4n4c5ccccc5cc4c3cc1C2. The summed E-state index contributed by atoms with van der Waals surface area (Å²) in [6.45, 7) is 0. The van der Waals surface area contributed by atoms with Crippen molar-refractivity contribution in [3.8, 4) is 22.3 Å². The molecule has 7 aromatic rings. The highest BCUT2D eigenvalue weighted by atomic mass is 14.9. The molecule has 2 aromatic heterocycles. The maximum atomic E-state index is 2.50. The molecule has 2 heterocycles. The molecule has 0 saturated carbocycles. The van der Waals surface area contributed by atoms with Crippen molar-refractivity contribution in [1.82, 2.24) is 4.40 Å². The zero-order chi connectivity index (χ0) is 22.7. The van der Waals surface area contributed by atoms with Crippen LogP contribution >= 0.6 is 0 Å². The first kappa shape index (κ1) is 18.0. The lowest BCUT2D eigenvalue weighted by atomic mass is 9.93. The Hall–Kier alpha value is -4.36. The molecule has 2 aliphatic carbocycles. The van der Waals surface area contributed by atoms with Crippen molar-refractivity contribution >= 4 is 38.1 Å². The van der Waals surface area contributed by atoms with Gasteiger partial charge in [0.1, 0.15) is 0 Å². The van der Waals surface area contributed by atoms with Crippen LogP contribution in [0.25, 0.3) is 60.3 Å². The lowest BCUT2D eigenvalue weighted by Crippen LogP contribution is -1.92. The van der Waals surface area contributed by atoms with Crippen molar-refractivity contribution in [3.63, 3.8) is 0 Å². The van der Waals surface area contributed by atoms with Crippen LogP contribution in [0.2, 0.25) is 0 Å². The number of para-hydroxylation sites is 2. The number of rotatable bonds is 0. The fraction of sp³-hybridized carbons (Fsp3) is 0.0588. The van der Waals surface area contributed by atoms with Crippen LogP contribution in [-0.2, 0) is 12.8 Å². The Morgan fingerprint density at radius 1 is 0.457 bits per heavy atom. The van der Waals surface area contributed by atoms with E-state index in [1.54, 1.807) is 0 Å². The molecule has 0 atom stereocenters. The van der Waals surface area contributed by atoms with E-state index in [0.717, 1.165) is 12.8 Å².